The molecule has 4 nitrogen and oxygen atoms in total. The molecule has 2 aromatic carbocycles. The third-order valence-electron chi connectivity index (χ3n) is 4.96. The number of carboxylic acid groups (broad SMARTS) is 1. The lowest BCUT2D eigenvalue weighted by Crippen LogP contribution is -2.30. The zero-order valence-corrected chi connectivity index (χ0v) is 16.6. The fourth-order valence-corrected chi connectivity index (χ4v) is 3.71. The van der Waals surface area contributed by atoms with Crippen LogP contribution in [0.2, 0.25) is 5.02 Å². The Morgan fingerprint density at radius 1 is 1.06 bits per heavy atom. The van der Waals surface area contributed by atoms with Crippen molar-refractivity contribution < 1.29 is 36.2 Å². The maximum absolute atomic E-state index is 13.1. The van der Waals surface area contributed by atoms with Gasteiger partial charge in [-0.1, -0.05) is 17.7 Å². The van der Waals surface area contributed by atoms with Gasteiger partial charge in [-0.2, -0.15) is 26.3 Å². The minimum absolute atomic E-state index is 0.0805. The van der Waals surface area contributed by atoms with Crippen LogP contribution in [-0.4, -0.2) is 17.7 Å². The van der Waals surface area contributed by atoms with E-state index in [0.29, 0.717) is 41.2 Å². The number of nitrogens with one attached hydrogen (secondary N) is 1. The van der Waals surface area contributed by atoms with E-state index in [4.69, 9.17) is 11.6 Å². The SMILES string of the molecule is O=C(O)N1CCCC(NCc2cc(C(F)(F)F)cc(C(F)(F)F)c2)c2ccc(Cl)cc21. The lowest BCUT2D eigenvalue weighted by atomic mass is 10.00. The highest BCUT2D eigenvalue weighted by Crippen LogP contribution is 2.38. The van der Waals surface area contributed by atoms with E-state index >= 15 is 0 Å². The molecule has 1 unspecified atom stereocenters. The van der Waals surface area contributed by atoms with E-state index < -0.39 is 35.6 Å². The molecule has 0 radical (unpaired) electrons. The van der Waals surface area contributed by atoms with E-state index in [2.05, 4.69) is 5.32 Å². The predicted octanol–water partition coefficient (Wildman–Crippen LogP) is 6.49. The summed E-state index contributed by atoms with van der Waals surface area (Å²) in [5.41, 5.74) is -2.08. The molecular weight excluding hydrogens is 450 g/mol. The van der Waals surface area contributed by atoms with E-state index in [0.717, 1.165) is 4.90 Å². The Balaban J connectivity index is 1.92. The van der Waals surface area contributed by atoms with E-state index in [1.807, 2.05) is 0 Å². The summed E-state index contributed by atoms with van der Waals surface area (Å²) >= 11 is 5.99. The first-order chi connectivity index (χ1) is 14.4. The minimum Gasteiger partial charge on any atom is -0.465 e. The van der Waals surface area contributed by atoms with Crippen molar-refractivity contribution in [3.8, 4) is 0 Å². The number of fused-ring (bicyclic) bond motifs is 1. The summed E-state index contributed by atoms with van der Waals surface area (Å²) in [6.45, 7) is -0.0879. The first-order valence-electron chi connectivity index (χ1n) is 9.18. The van der Waals surface area contributed by atoms with Gasteiger partial charge in [-0.3, -0.25) is 4.90 Å². The third-order valence-corrected chi connectivity index (χ3v) is 5.20. The Morgan fingerprint density at radius 2 is 1.68 bits per heavy atom. The van der Waals surface area contributed by atoms with Crippen LogP contribution in [0.4, 0.5) is 36.8 Å². The standard InChI is InChI=1S/C20H17ClF6N2O2/c21-14-3-4-15-16(2-1-5-29(18(30)31)17(15)9-14)28-10-11-6-12(19(22,23)24)8-13(7-11)20(25,26)27/h3-4,6-9,16,28H,1-2,5,10H2,(H,30,31). The molecule has 3 rings (SSSR count). The van der Waals surface area contributed by atoms with Crippen LogP contribution in [-0.2, 0) is 18.9 Å². The Hall–Kier alpha value is -2.46. The molecule has 11 heteroatoms. The molecule has 2 N–H and O–H groups in total. The van der Waals surface area contributed by atoms with Gasteiger partial charge < -0.3 is 10.4 Å². The summed E-state index contributed by atoms with van der Waals surface area (Å²) in [4.78, 5) is 12.7. The van der Waals surface area contributed by atoms with Crippen LogP contribution in [0.15, 0.2) is 36.4 Å². The molecule has 0 saturated heterocycles. The highest BCUT2D eigenvalue weighted by atomic mass is 35.5. The predicted molar refractivity (Wildman–Crippen MR) is 102 cm³/mol. The number of alkyl halides is 6. The van der Waals surface area contributed by atoms with Gasteiger partial charge in [-0.15, -0.1) is 0 Å². The molecule has 0 bridgehead atoms. The smallest absolute Gasteiger partial charge is 0.416 e. The average Bonchev–Trinajstić information content (AvgIpc) is 2.83. The second-order valence-corrected chi connectivity index (χ2v) is 7.56. The van der Waals surface area contributed by atoms with Gasteiger partial charge in [0, 0.05) is 24.2 Å². The zero-order chi connectivity index (χ0) is 23.0. The van der Waals surface area contributed by atoms with Crippen LogP contribution in [0.5, 0.6) is 0 Å². The van der Waals surface area contributed by atoms with Gasteiger partial charge in [0.1, 0.15) is 0 Å². The lowest BCUT2D eigenvalue weighted by molar-refractivity contribution is -0.143. The van der Waals surface area contributed by atoms with Gasteiger partial charge in [0.2, 0.25) is 0 Å². The Bertz CT molecular complexity index is 945. The number of halogens is 7. The monoisotopic (exact) mass is 466 g/mol. The summed E-state index contributed by atoms with van der Waals surface area (Å²) in [6, 6.07) is 5.56. The van der Waals surface area contributed by atoms with Crippen molar-refractivity contribution in [2.24, 2.45) is 0 Å². The molecule has 0 aromatic heterocycles. The molecular formula is C20H17ClF6N2O2. The third kappa shape index (κ3) is 5.43. The summed E-state index contributed by atoms with van der Waals surface area (Å²) in [5, 5.41) is 12.7. The van der Waals surface area contributed by atoms with E-state index in [-0.39, 0.29) is 24.7 Å². The molecule has 1 amide bonds. The molecule has 0 fully saturated rings. The number of anilines is 1. The summed E-state index contributed by atoms with van der Waals surface area (Å²) in [6.07, 6.45) is -10.2. The molecule has 1 aliphatic heterocycles. The summed E-state index contributed by atoms with van der Waals surface area (Å²) in [7, 11) is 0. The van der Waals surface area contributed by atoms with Crippen molar-refractivity contribution in [2.75, 3.05) is 11.4 Å². The van der Waals surface area contributed by atoms with Crippen molar-refractivity contribution in [3.63, 3.8) is 0 Å². The molecule has 1 heterocycles. The number of rotatable bonds is 3. The molecule has 31 heavy (non-hydrogen) atoms. The van der Waals surface area contributed by atoms with Gasteiger partial charge in [0.15, 0.2) is 0 Å². The lowest BCUT2D eigenvalue weighted by Gasteiger charge is -2.23. The Kier molecular flexibility index (Phi) is 6.43. The van der Waals surface area contributed by atoms with Crippen LogP contribution < -0.4 is 10.2 Å². The normalized spacial score (nSPS) is 17.3. The maximum atomic E-state index is 13.1. The largest absolute Gasteiger partial charge is 0.465 e. The van der Waals surface area contributed by atoms with Crippen molar-refractivity contribution in [2.45, 2.75) is 37.8 Å². The molecule has 2 aromatic rings. The topological polar surface area (TPSA) is 52.6 Å². The van der Waals surface area contributed by atoms with E-state index in [1.165, 1.54) is 6.07 Å². The number of amides is 1. The first-order valence-corrected chi connectivity index (χ1v) is 9.55. The molecule has 168 valence electrons. The molecule has 1 aliphatic rings. The van der Waals surface area contributed by atoms with Gasteiger partial charge in [-0.05, 0) is 54.3 Å². The van der Waals surface area contributed by atoms with Crippen molar-refractivity contribution >= 4 is 23.4 Å². The Morgan fingerprint density at radius 3 is 2.23 bits per heavy atom. The molecule has 0 saturated carbocycles. The average molecular weight is 467 g/mol. The van der Waals surface area contributed by atoms with Crippen molar-refractivity contribution in [3.05, 3.63) is 63.7 Å². The first kappa shape index (κ1) is 23.2. The maximum Gasteiger partial charge on any atom is 0.416 e. The zero-order valence-electron chi connectivity index (χ0n) is 15.8. The van der Waals surface area contributed by atoms with Crippen LogP contribution >= 0.6 is 11.6 Å². The van der Waals surface area contributed by atoms with Crippen LogP contribution in [0.25, 0.3) is 0 Å². The fraction of sp³-hybridized carbons (Fsp3) is 0.350. The number of nitrogens with zero attached hydrogens (tertiary/aromatic N) is 1. The highest BCUT2D eigenvalue weighted by molar-refractivity contribution is 6.31. The van der Waals surface area contributed by atoms with Gasteiger partial charge in [0.05, 0.1) is 16.8 Å². The van der Waals surface area contributed by atoms with Crippen LogP contribution in [0.1, 0.15) is 41.1 Å². The molecule has 0 aliphatic carbocycles. The number of hydrogen-bond donors (Lipinski definition) is 2. The van der Waals surface area contributed by atoms with Gasteiger partial charge >= 0.3 is 18.4 Å². The van der Waals surface area contributed by atoms with Gasteiger partial charge in [0.25, 0.3) is 0 Å². The van der Waals surface area contributed by atoms with Gasteiger partial charge in [-0.25, -0.2) is 4.79 Å². The number of benzene rings is 2. The second-order valence-electron chi connectivity index (χ2n) is 7.13. The molecule has 1 atom stereocenters. The van der Waals surface area contributed by atoms with Crippen molar-refractivity contribution in [1.29, 1.82) is 0 Å². The fourth-order valence-electron chi connectivity index (χ4n) is 3.55. The van der Waals surface area contributed by atoms with E-state index in [1.54, 1.807) is 12.1 Å². The molecule has 0 spiro atoms. The quantitative estimate of drug-likeness (QED) is 0.509. The second kappa shape index (κ2) is 8.58. The number of carbonyl (C=O) groups is 1. The summed E-state index contributed by atoms with van der Waals surface area (Å²) < 4.78 is 78.5. The van der Waals surface area contributed by atoms with Crippen LogP contribution in [0.3, 0.4) is 0 Å². The van der Waals surface area contributed by atoms with E-state index in [9.17, 15) is 36.2 Å². The highest BCUT2D eigenvalue weighted by Gasteiger charge is 2.37. The minimum atomic E-state index is -4.93. The van der Waals surface area contributed by atoms with Crippen LogP contribution in [0, 0.1) is 0 Å². The number of hydrogen-bond acceptors (Lipinski definition) is 2. The summed E-state index contributed by atoms with van der Waals surface area (Å²) in [5.74, 6) is 0. The van der Waals surface area contributed by atoms with Crippen molar-refractivity contribution in [1.82, 2.24) is 5.32 Å². The Labute approximate surface area is 178 Å².